The van der Waals surface area contributed by atoms with Crippen molar-refractivity contribution in [2.45, 2.75) is 9.79 Å². The van der Waals surface area contributed by atoms with Crippen LogP contribution in [0, 0.1) is 0 Å². The van der Waals surface area contributed by atoms with Crippen molar-refractivity contribution in [2.24, 2.45) is 0 Å². The third-order valence-electron chi connectivity index (χ3n) is 1.32. The van der Waals surface area contributed by atoms with Crippen LogP contribution in [0.2, 0.25) is 0 Å². The van der Waals surface area contributed by atoms with Crippen LogP contribution in [0.15, 0.2) is 28.0 Å². The summed E-state index contributed by atoms with van der Waals surface area (Å²) < 4.78 is 0. The third kappa shape index (κ3) is 2.34. The van der Waals surface area contributed by atoms with Gasteiger partial charge in [0.25, 0.3) is 0 Å². The lowest BCUT2D eigenvalue weighted by atomic mass is 10.3. The Balaban J connectivity index is 3.02. The summed E-state index contributed by atoms with van der Waals surface area (Å²) in [5.41, 5.74) is 0. The molecule has 1 nitrogen and oxygen atoms in total. The van der Waals surface area contributed by atoms with Crippen LogP contribution in [0.5, 0.6) is 5.75 Å². The fourth-order valence-corrected chi connectivity index (χ4v) is 1.81. The molecule has 0 atom stereocenters. The first-order valence-corrected chi connectivity index (χ1v) is 5.61. The van der Waals surface area contributed by atoms with Crippen LogP contribution < -0.4 is 0 Å². The first kappa shape index (κ1) is 8.81. The molecule has 0 bridgehead atoms. The molecule has 0 saturated carbocycles. The maximum Gasteiger partial charge on any atom is 0.180 e. The monoisotopic (exact) mass is 185 g/mol. The molecule has 0 spiro atoms. The quantitative estimate of drug-likeness (QED) is 0.659. The van der Waals surface area contributed by atoms with Crippen LogP contribution in [0.4, 0.5) is 0 Å². The van der Waals surface area contributed by atoms with Gasteiger partial charge in [-0.1, -0.05) is 0 Å². The molecule has 11 heavy (non-hydrogen) atoms. The highest BCUT2D eigenvalue weighted by molar-refractivity contribution is 7.99. The maximum atomic E-state index is 11.0. The summed E-state index contributed by atoms with van der Waals surface area (Å²) in [4.78, 5) is 2.09. The lowest BCUT2D eigenvalue weighted by Gasteiger charge is -1.99. The molecule has 0 saturated heterocycles. The van der Waals surface area contributed by atoms with Gasteiger partial charge in [0, 0.05) is 9.79 Å². The SMILES string of the molecule is CSc1cc([O])cc(SC)c1. The van der Waals surface area contributed by atoms with Gasteiger partial charge in [0.2, 0.25) is 0 Å². The van der Waals surface area contributed by atoms with Crippen molar-refractivity contribution in [3.05, 3.63) is 18.2 Å². The largest absolute Gasteiger partial charge is 0.290 e. The number of thioether (sulfide) groups is 2. The highest BCUT2D eigenvalue weighted by atomic mass is 32.2. The summed E-state index contributed by atoms with van der Waals surface area (Å²) in [6.45, 7) is 0. The van der Waals surface area contributed by atoms with Crippen molar-refractivity contribution in [3.8, 4) is 5.75 Å². The Kier molecular flexibility index (Phi) is 3.15. The molecule has 0 aliphatic rings. The van der Waals surface area contributed by atoms with Crippen LogP contribution in [-0.4, -0.2) is 12.5 Å². The van der Waals surface area contributed by atoms with Gasteiger partial charge in [0.15, 0.2) is 5.75 Å². The van der Waals surface area contributed by atoms with Crippen molar-refractivity contribution in [2.75, 3.05) is 12.5 Å². The van der Waals surface area contributed by atoms with Crippen molar-refractivity contribution in [3.63, 3.8) is 0 Å². The molecule has 0 aliphatic heterocycles. The molecule has 1 aromatic carbocycles. The summed E-state index contributed by atoms with van der Waals surface area (Å²) >= 11 is 3.20. The van der Waals surface area contributed by atoms with Crippen LogP contribution in [0.25, 0.3) is 0 Å². The molecule has 59 valence electrons. The predicted octanol–water partition coefficient (Wildman–Crippen LogP) is 3.27. The van der Waals surface area contributed by atoms with E-state index in [1.807, 2.05) is 18.6 Å². The lowest BCUT2D eigenvalue weighted by Crippen LogP contribution is -1.72. The smallest absolute Gasteiger partial charge is 0.180 e. The average molecular weight is 185 g/mol. The summed E-state index contributed by atoms with van der Waals surface area (Å²) in [6, 6.07) is 5.34. The Hall–Kier alpha value is -0.280. The van der Waals surface area contributed by atoms with Gasteiger partial charge in [-0.25, -0.2) is 0 Å². The van der Waals surface area contributed by atoms with Crippen LogP contribution in [0.3, 0.4) is 0 Å². The molecule has 3 heteroatoms. The van der Waals surface area contributed by atoms with E-state index in [0.29, 0.717) is 0 Å². The van der Waals surface area contributed by atoms with E-state index in [0.717, 1.165) is 9.79 Å². The van der Waals surface area contributed by atoms with Crippen LogP contribution >= 0.6 is 23.5 Å². The second kappa shape index (κ2) is 3.93. The minimum Gasteiger partial charge on any atom is -0.290 e. The molecule has 0 heterocycles. The first-order chi connectivity index (χ1) is 5.26. The van der Waals surface area contributed by atoms with Crippen LogP contribution in [-0.2, 0) is 5.11 Å². The van der Waals surface area contributed by atoms with E-state index in [-0.39, 0.29) is 5.75 Å². The summed E-state index contributed by atoms with van der Waals surface area (Å²) in [7, 11) is 0. The molecule has 0 aliphatic carbocycles. The van der Waals surface area contributed by atoms with Gasteiger partial charge in [-0.2, -0.15) is 0 Å². The minimum atomic E-state index is 0.0983. The zero-order valence-corrected chi connectivity index (χ0v) is 8.09. The van der Waals surface area contributed by atoms with Gasteiger partial charge < -0.3 is 0 Å². The van der Waals surface area contributed by atoms with Gasteiger partial charge in [0.05, 0.1) is 0 Å². The van der Waals surface area contributed by atoms with E-state index >= 15 is 0 Å². The molecule has 0 fully saturated rings. The standard InChI is InChI=1S/C8H9OS2/c1-10-7-3-6(9)4-8(5-7)11-2/h3-5H,1-2H3. The predicted molar refractivity (Wildman–Crippen MR) is 50.1 cm³/mol. The maximum absolute atomic E-state index is 11.0. The molecular formula is C8H9OS2. The van der Waals surface area contributed by atoms with Crippen LogP contribution in [0.1, 0.15) is 0 Å². The second-order valence-electron chi connectivity index (χ2n) is 2.05. The van der Waals surface area contributed by atoms with Crippen molar-refractivity contribution in [1.29, 1.82) is 0 Å². The number of hydrogen-bond acceptors (Lipinski definition) is 2. The Morgan fingerprint density at radius 1 is 1.00 bits per heavy atom. The summed E-state index contributed by atoms with van der Waals surface area (Å²) in [6.07, 6.45) is 3.94. The molecule has 1 radical (unpaired) electrons. The zero-order chi connectivity index (χ0) is 8.27. The normalized spacial score (nSPS) is 10.0. The van der Waals surface area contributed by atoms with E-state index in [1.54, 1.807) is 35.7 Å². The molecule has 0 aromatic heterocycles. The molecule has 0 N–H and O–H groups in total. The summed E-state index contributed by atoms with van der Waals surface area (Å²) in [5, 5.41) is 11.0. The van der Waals surface area contributed by atoms with Gasteiger partial charge in [-0.05, 0) is 30.7 Å². The van der Waals surface area contributed by atoms with E-state index in [2.05, 4.69) is 0 Å². The average Bonchev–Trinajstić information content (AvgIpc) is 2.03. The van der Waals surface area contributed by atoms with E-state index in [1.165, 1.54) is 0 Å². The molecule has 0 unspecified atom stereocenters. The topological polar surface area (TPSA) is 19.9 Å². The molecular weight excluding hydrogens is 176 g/mol. The Labute approximate surface area is 75.2 Å². The minimum absolute atomic E-state index is 0.0983. The fourth-order valence-electron chi connectivity index (χ4n) is 0.781. The van der Waals surface area contributed by atoms with E-state index in [9.17, 15) is 5.11 Å². The Morgan fingerprint density at radius 2 is 1.45 bits per heavy atom. The Bertz CT molecular complexity index is 226. The number of hydrogen-bond donors (Lipinski definition) is 0. The van der Waals surface area contributed by atoms with Gasteiger partial charge in [-0.3, -0.25) is 5.11 Å². The first-order valence-electron chi connectivity index (χ1n) is 3.16. The molecule has 1 aromatic rings. The van der Waals surface area contributed by atoms with Crippen molar-refractivity contribution < 1.29 is 5.11 Å². The molecule has 1 rings (SSSR count). The third-order valence-corrected chi connectivity index (χ3v) is 2.74. The number of rotatable bonds is 2. The highest BCUT2D eigenvalue weighted by Gasteiger charge is 1.98. The van der Waals surface area contributed by atoms with E-state index < -0.39 is 0 Å². The van der Waals surface area contributed by atoms with Gasteiger partial charge >= 0.3 is 0 Å². The van der Waals surface area contributed by atoms with Gasteiger partial charge in [0.1, 0.15) is 0 Å². The fraction of sp³-hybridized carbons (Fsp3) is 0.250. The zero-order valence-electron chi connectivity index (χ0n) is 6.46. The highest BCUT2D eigenvalue weighted by Crippen LogP contribution is 2.27. The van der Waals surface area contributed by atoms with Gasteiger partial charge in [-0.15, -0.1) is 23.5 Å². The Morgan fingerprint density at radius 3 is 1.82 bits per heavy atom. The van der Waals surface area contributed by atoms with E-state index in [4.69, 9.17) is 0 Å². The van der Waals surface area contributed by atoms with Crippen molar-refractivity contribution >= 4 is 23.5 Å². The molecule has 0 amide bonds. The van der Waals surface area contributed by atoms with Crippen molar-refractivity contribution in [1.82, 2.24) is 0 Å². The number of benzene rings is 1. The summed E-state index contributed by atoms with van der Waals surface area (Å²) in [5.74, 6) is 0.0983. The lowest BCUT2D eigenvalue weighted by molar-refractivity contribution is 0.352. The second-order valence-corrected chi connectivity index (χ2v) is 3.81.